The lowest BCUT2D eigenvalue weighted by molar-refractivity contribution is -0.134. The molecule has 2 amide bonds. The number of hydrogen-bond acceptors (Lipinski definition) is 3. The van der Waals surface area contributed by atoms with Crippen molar-refractivity contribution in [3.8, 4) is 0 Å². The van der Waals surface area contributed by atoms with Crippen LogP contribution in [0.1, 0.15) is 40.5 Å². The molecule has 3 atom stereocenters. The molecule has 0 aromatic heterocycles. The second-order valence-electron chi connectivity index (χ2n) is 6.36. The number of thioether (sulfide) groups is 1. The van der Waals surface area contributed by atoms with Crippen molar-refractivity contribution in [1.29, 1.82) is 0 Å². The molecule has 0 radical (unpaired) electrons. The van der Waals surface area contributed by atoms with Gasteiger partial charge in [0.2, 0.25) is 11.8 Å². The van der Waals surface area contributed by atoms with Gasteiger partial charge in [0.25, 0.3) is 0 Å². The minimum absolute atomic E-state index is 0.0813. The predicted molar refractivity (Wildman–Crippen MR) is 95.6 cm³/mol. The van der Waals surface area contributed by atoms with Gasteiger partial charge in [-0.3, -0.25) is 9.59 Å². The Morgan fingerprint density at radius 2 is 1.91 bits per heavy atom. The lowest BCUT2D eigenvalue weighted by atomic mass is 9.92. The highest BCUT2D eigenvalue weighted by Gasteiger charge is 2.31. The molecule has 0 saturated carbocycles. The first kappa shape index (κ1) is 17.9. The molecule has 4 nitrogen and oxygen atoms in total. The van der Waals surface area contributed by atoms with Gasteiger partial charge in [-0.05, 0) is 56.9 Å². The Bertz CT molecular complexity index is 559. The standard InChI is InChI=1S/C18H26N2O2S/c1-12-6-5-11-20(13(12)2)18(22)14(3)23-17-9-7-16(8-10-17)19-15(4)21/h7-10,12-14H,5-6,11H2,1-4H3,(H,19,21)/t12-,13+,14-/m1/s1. The maximum Gasteiger partial charge on any atom is 0.236 e. The number of nitrogens with one attached hydrogen (secondary N) is 1. The molecular weight excluding hydrogens is 308 g/mol. The first-order valence-electron chi connectivity index (χ1n) is 8.23. The molecule has 0 aliphatic carbocycles. The lowest BCUT2D eigenvalue weighted by Gasteiger charge is -2.39. The Labute approximate surface area is 143 Å². The summed E-state index contributed by atoms with van der Waals surface area (Å²) >= 11 is 1.57. The second kappa shape index (κ2) is 7.86. The number of anilines is 1. The van der Waals surface area contributed by atoms with Crippen molar-refractivity contribution in [1.82, 2.24) is 4.90 Å². The van der Waals surface area contributed by atoms with Gasteiger partial charge in [-0.1, -0.05) is 6.92 Å². The Hall–Kier alpha value is -1.49. The van der Waals surface area contributed by atoms with Crippen LogP contribution in [0.2, 0.25) is 0 Å². The minimum atomic E-state index is -0.102. The van der Waals surface area contributed by atoms with Crippen LogP contribution in [-0.2, 0) is 9.59 Å². The van der Waals surface area contributed by atoms with Gasteiger partial charge in [0.1, 0.15) is 0 Å². The quantitative estimate of drug-likeness (QED) is 0.853. The molecule has 0 bridgehead atoms. The molecule has 126 valence electrons. The molecule has 1 N–H and O–H groups in total. The highest BCUT2D eigenvalue weighted by molar-refractivity contribution is 8.00. The fourth-order valence-electron chi connectivity index (χ4n) is 2.95. The van der Waals surface area contributed by atoms with E-state index in [1.54, 1.807) is 11.8 Å². The number of nitrogens with zero attached hydrogens (tertiary/aromatic N) is 1. The van der Waals surface area contributed by atoms with Crippen molar-refractivity contribution in [2.24, 2.45) is 5.92 Å². The first-order valence-corrected chi connectivity index (χ1v) is 9.11. The number of benzene rings is 1. The molecule has 1 saturated heterocycles. The number of likely N-dealkylation sites (tertiary alicyclic amines) is 1. The van der Waals surface area contributed by atoms with Gasteiger partial charge < -0.3 is 10.2 Å². The minimum Gasteiger partial charge on any atom is -0.339 e. The summed E-state index contributed by atoms with van der Waals surface area (Å²) in [5, 5.41) is 2.64. The van der Waals surface area contributed by atoms with Gasteiger partial charge in [0, 0.05) is 30.1 Å². The van der Waals surface area contributed by atoms with Crippen molar-refractivity contribution in [3.63, 3.8) is 0 Å². The zero-order valence-electron chi connectivity index (χ0n) is 14.3. The third-order valence-electron chi connectivity index (χ3n) is 4.49. The van der Waals surface area contributed by atoms with E-state index in [-0.39, 0.29) is 17.1 Å². The third-order valence-corrected chi connectivity index (χ3v) is 5.59. The molecule has 5 heteroatoms. The predicted octanol–water partition coefficient (Wildman–Crippen LogP) is 3.77. The van der Waals surface area contributed by atoms with Crippen LogP contribution < -0.4 is 5.32 Å². The van der Waals surface area contributed by atoms with E-state index in [1.807, 2.05) is 36.1 Å². The van der Waals surface area contributed by atoms with E-state index in [0.717, 1.165) is 23.5 Å². The van der Waals surface area contributed by atoms with Crippen molar-refractivity contribution in [2.75, 3.05) is 11.9 Å². The molecule has 1 aromatic carbocycles. The van der Waals surface area contributed by atoms with Crippen LogP contribution in [0.15, 0.2) is 29.2 Å². The van der Waals surface area contributed by atoms with Gasteiger partial charge in [0.05, 0.1) is 5.25 Å². The fourth-order valence-corrected chi connectivity index (χ4v) is 3.89. The average molecular weight is 334 g/mol. The first-order chi connectivity index (χ1) is 10.9. The Morgan fingerprint density at radius 3 is 2.52 bits per heavy atom. The number of amides is 2. The van der Waals surface area contributed by atoms with Crippen molar-refractivity contribution < 1.29 is 9.59 Å². The summed E-state index contributed by atoms with van der Waals surface area (Å²) in [5.74, 6) is 0.712. The maximum absolute atomic E-state index is 12.7. The second-order valence-corrected chi connectivity index (χ2v) is 7.77. The van der Waals surface area contributed by atoms with Crippen LogP contribution >= 0.6 is 11.8 Å². The largest absolute Gasteiger partial charge is 0.339 e. The number of rotatable bonds is 4. The van der Waals surface area contributed by atoms with Gasteiger partial charge in [-0.25, -0.2) is 0 Å². The highest BCUT2D eigenvalue weighted by Crippen LogP contribution is 2.29. The van der Waals surface area contributed by atoms with Gasteiger partial charge in [-0.15, -0.1) is 11.8 Å². The van der Waals surface area contributed by atoms with Crippen molar-refractivity contribution in [2.45, 2.75) is 56.7 Å². The Kier molecular flexibility index (Phi) is 6.10. The maximum atomic E-state index is 12.7. The average Bonchev–Trinajstić information content (AvgIpc) is 2.50. The highest BCUT2D eigenvalue weighted by atomic mass is 32.2. The molecule has 1 aliphatic rings. The third kappa shape index (κ3) is 4.74. The molecule has 0 unspecified atom stereocenters. The van der Waals surface area contributed by atoms with E-state index < -0.39 is 0 Å². The van der Waals surface area contributed by atoms with Gasteiger partial charge in [-0.2, -0.15) is 0 Å². The van der Waals surface area contributed by atoms with E-state index in [4.69, 9.17) is 0 Å². The van der Waals surface area contributed by atoms with E-state index in [9.17, 15) is 9.59 Å². The normalized spacial score (nSPS) is 22.5. The summed E-state index contributed by atoms with van der Waals surface area (Å²) in [6.45, 7) is 8.71. The van der Waals surface area contributed by atoms with E-state index in [1.165, 1.54) is 13.3 Å². The van der Waals surface area contributed by atoms with Crippen LogP contribution in [0.25, 0.3) is 0 Å². The van der Waals surface area contributed by atoms with Crippen LogP contribution in [0, 0.1) is 5.92 Å². The number of piperidine rings is 1. The van der Waals surface area contributed by atoms with Crippen LogP contribution in [0.3, 0.4) is 0 Å². The molecule has 1 aromatic rings. The molecular formula is C18H26N2O2S. The summed E-state index contributed by atoms with van der Waals surface area (Å²) in [5.41, 5.74) is 0.777. The molecule has 23 heavy (non-hydrogen) atoms. The Morgan fingerprint density at radius 1 is 1.26 bits per heavy atom. The van der Waals surface area contributed by atoms with Gasteiger partial charge >= 0.3 is 0 Å². The summed E-state index contributed by atoms with van der Waals surface area (Å²) in [6.07, 6.45) is 2.30. The van der Waals surface area contributed by atoms with Crippen molar-refractivity contribution in [3.05, 3.63) is 24.3 Å². The number of carbonyl (C=O) groups excluding carboxylic acids is 2. The smallest absolute Gasteiger partial charge is 0.236 e. The lowest BCUT2D eigenvalue weighted by Crippen LogP contribution is -2.48. The SMILES string of the molecule is CC(=O)Nc1ccc(S[C@H](C)C(=O)N2CCC[C@@H](C)[C@@H]2C)cc1. The Balaban J connectivity index is 1.96. The molecule has 1 fully saturated rings. The summed E-state index contributed by atoms with van der Waals surface area (Å²) in [6, 6.07) is 7.95. The van der Waals surface area contributed by atoms with E-state index in [2.05, 4.69) is 19.2 Å². The molecule has 2 rings (SSSR count). The zero-order chi connectivity index (χ0) is 17.0. The van der Waals surface area contributed by atoms with Crippen LogP contribution in [-0.4, -0.2) is 34.6 Å². The number of hydrogen-bond donors (Lipinski definition) is 1. The summed E-state index contributed by atoms with van der Waals surface area (Å²) in [4.78, 5) is 26.8. The van der Waals surface area contributed by atoms with Gasteiger partial charge in [0.15, 0.2) is 0 Å². The van der Waals surface area contributed by atoms with E-state index in [0.29, 0.717) is 12.0 Å². The topological polar surface area (TPSA) is 49.4 Å². The number of carbonyl (C=O) groups is 2. The van der Waals surface area contributed by atoms with Crippen LogP contribution in [0.5, 0.6) is 0 Å². The van der Waals surface area contributed by atoms with Crippen molar-refractivity contribution >= 4 is 29.3 Å². The molecule has 1 heterocycles. The summed E-state index contributed by atoms with van der Waals surface area (Å²) in [7, 11) is 0. The monoisotopic (exact) mass is 334 g/mol. The molecule has 0 spiro atoms. The molecule has 1 aliphatic heterocycles. The van der Waals surface area contributed by atoms with E-state index >= 15 is 0 Å². The summed E-state index contributed by atoms with van der Waals surface area (Å²) < 4.78 is 0. The zero-order valence-corrected chi connectivity index (χ0v) is 15.2. The fraction of sp³-hybridized carbons (Fsp3) is 0.556. The van der Waals surface area contributed by atoms with Crippen LogP contribution in [0.4, 0.5) is 5.69 Å².